The van der Waals surface area contributed by atoms with E-state index in [1.165, 1.54) is 12.1 Å². The molecule has 0 saturated heterocycles. The third-order valence-electron chi connectivity index (χ3n) is 2.91. The lowest BCUT2D eigenvalue weighted by Gasteiger charge is -2.13. The normalized spacial score (nSPS) is 11.9. The highest BCUT2D eigenvalue weighted by atomic mass is 16.6. The number of nitrogens with one attached hydrogen (secondary N) is 2. The Morgan fingerprint density at radius 3 is 2.81 bits per heavy atom. The molecular formula is C14H18N4O3. The van der Waals surface area contributed by atoms with Crippen LogP contribution in [0.15, 0.2) is 34.9 Å². The number of furan rings is 1. The van der Waals surface area contributed by atoms with E-state index in [0.29, 0.717) is 18.2 Å². The summed E-state index contributed by atoms with van der Waals surface area (Å²) in [7, 11) is 0. The number of pyridine rings is 1. The maximum Gasteiger partial charge on any atom is 0.276 e. The highest BCUT2D eigenvalue weighted by molar-refractivity contribution is 5.55. The molecule has 7 nitrogen and oxygen atoms in total. The molecule has 2 rings (SSSR count). The largest absolute Gasteiger partial charge is 0.467 e. The van der Waals surface area contributed by atoms with Gasteiger partial charge in [-0.2, -0.15) is 0 Å². The van der Waals surface area contributed by atoms with Crippen molar-refractivity contribution in [3.63, 3.8) is 0 Å². The molecule has 0 saturated carbocycles. The summed E-state index contributed by atoms with van der Waals surface area (Å²) in [6.07, 6.45) is 2.50. The summed E-state index contributed by atoms with van der Waals surface area (Å²) >= 11 is 0. The molecule has 0 aliphatic carbocycles. The first kappa shape index (κ1) is 14.8. The molecule has 0 spiro atoms. The Balaban J connectivity index is 2.20. The van der Waals surface area contributed by atoms with Gasteiger partial charge in [-0.25, -0.2) is 4.98 Å². The molecule has 2 N–H and O–H groups in total. The first-order chi connectivity index (χ1) is 10.1. The Morgan fingerprint density at radius 1 is 1.43 bits per heavy atom. The molecule has 1 atom stereocenters. The van der Waals surface area contributed by atoms with Gasteiger partial charge in [0.1, 0.15) is 17.4 Å². The average Bonchev–Trinajstić information content (AvgIpc) is 2.99. The molecule has 0 fully saturated rings. The van der Waals surface area contributed by atoms with Crippen LogP contribution in [0.5, 0.6) is 0 Å². The number of nitrogens with zero attached hydrogens (tertiary/aromatic N) is 2. The molecule has 0 amide bonds. The second-order valence-corrected chi connectivity index (χ2v) is 4.66. The summed E-state index contributed by atoms with van der Waals surface area (Å²) in [4.78, 5) is 14.9. The van der Waals surface area contributed by atoms with E-state index in [-0.39, 0.29) is 11.7 Å². The van der Waals surface area contributed by atoms with Crippen LogP contribution in [0.2, 0.25) is 0 Å². The minimum atomic E-state index is -0.429. The number of nitro groups is 1. The second kappa shape index (κ2) is 6.74. The monoisotopic (exact) mass is 290 g/mol. The van der Waals surface area contributed by atoms with Gasteiger partial charge in [-0.1, -0.05) is 6.92 Å². The van der Waals surface area contributed by atoms with E-state index >= 15 is 0 Å². The van der Waals surface area contributed by atoms with Crippen molar-refractivity contribution in [2.45, 2.75) is 26.3 Å². The first-order valence-corrected chi connectivity index (χ1v) is 6.80. The second-order valence-electron chi connectivity index (χ2n) is 4.66. The van der Waals surface area contributed by atoms with Crippen LogP contribution in [0.4, 0.5) is 17.3 Å². The van der Waals surface area contributed by atoms with Crippen molar-refractivity contribution in [1.82, 2.24) is 4.98 Å². The van der Waals surface area contributed by atoms with Crippen molar-refractivity contribution in [3.8, 4) is 0 Å². The molecular weight excluding hydrogens is 272 g/mol. The van der Waals surface area contributed by atoms with Crippen LogP contribution in [0.3, 0.4) is 0 Å². The van der Waals surface area contributed by atoms with Gasteiger partial charge in [-0.15, -0.1) is 0 Å². The van der Waals surface area contributed by atoms with E-state index in [4.69, 9.17) is 4.42 Å². The van der Waals surface area contributed by atoms with E-state index in [9.17, 15) is 10.1 Å². The number of rotatable bonds is 7. The van der Waals surface area contributed by atoms with Gasteiger partial charge in [-0.3, -0.25) is 10.1 Å². The Labute approximate surface area is 122 Å². The zero-order valence-electron chi connectivity index (χ0n) is 12.0. The van der Waals surface area contributed by atoms with Gasteiger partial charge in [0.05, 0.1) is 29.4 Å². The number of hydrogen-bond donors (Lipinski definition) is 2. The van der Waals surface area contributed by atoms with Crippen molar-refractivity contribution in [3.05, 3.63) is 46.4 Å². The maximum atomic E-state index is 11.0. The average molecular weight is 290 g/mol. The molecule has 0 aliphatic heterocycles. The quantitative estimate of drug-likeness (QED) is 0.598. The third-order valence-corrected chi connectivity index (χ3v) is 2.91. The summed E-state index contributed by atoms with van der Waals surface area (Å²) in [5.74, 6) is 1.67. The SMILES string of the molecule is CCCNc1cc([N+](=O)[O-])cc(NC(C)c2ccco2)n1. The van der Waals surface area contributed by atoms with Crippen LogP contribution in [-0.2, 0) is 0 Å². The van der Waals surface area contributed by atoms with Crippen LogP contribution in [0.1, 0.15) is 32.1 Å². The fourth-order valence-electron chi connectivity index (χ4n) is 1.87. The highest BCUT2D eigenvalue weighted by Crippen LogP contribution is 2.24. The summed E-state index contributed by atoms with van der Waals surface area (Å²) in [6.45, 7) is 4.63. The number of aromatic nitrogens is 1. The number of anilines is 2. The summed E-state index contributed by atoms with van der Waals surface area (Å²) in [5, 5.41) is 17.2. The standard InChI is InChI=1S/C14H18N4O3/c1-3-6-15-13-8-11(18(19)20)9-14(17-13)16-10(2)12-5-4-7-21-12/h4-5,7-10H,3,6H2,1-2H3,(H2,15,16,17). The first-order valence-electron chi connectivity index (χ1n) is 6.80. The van der Waals surface area contributed by atoms with Crippen LogP contribution in [0.25, 0.3) is 0 Å². The van der Waals surface area contributed by atoms with Crippen LogP contribution in [-0.4, -0.2) is 16.5 Å². The Hall–Kier alpha value is -2.57. The van der Waals surface area contributed by atoms with E-state index < -0.39 is 4.92 Å². The predicted molar refractivity (Wildman–Crippen MR) is 80.4 cm³/mol. The fourth-order valence-corrected chi connectivity index (χ4v) is 1.87. The number of hydrogen-bond acceptors (Lipinski definition) is 6. The smallest absolute Gasteiger partial charge is 0.276 e. The van der Waals surface area contributed by atoms with Gasteiger partial charge in [0.2, 0.25) is 0 Å². The molecule has 112 valence electrons. The molecule has 21 heavy (non-hydrogen) atoms. The lowest BCUT2D eigenvalue weighted by molar-refractivity contribution is -0.384. The third kappa shape index (κ3) is 3.95. The maximum absolute atomic E-state index is 11.0. The lowest BCUT2D eigenvalue weighted by atomic mass is 10.2. The molecule has 2 aromatic rings. The molecule has 0 aromatic carbocycles. The molecule has 0 bridgehead atoms. The predicted octanol–water partition coefficient (Wildman–Crippen LogP) is 3.58. The van der Waals surface area contributed by atoms with Crippen molar-refractivity contribution in [2.24, 2.45) is 0 Å². The van der Waals surface area contributed by atoms with E-state index in [2.05, 4.69) is 15.6 Å². The Morgan fingerprint density at radius 2 is 2.19 bits per heavy atom. The zero-order chi connectivity index (χ0) is 15.2. The van der Waals surface area contributed by atoms with Gasteiger partial charge >= 0.3 is 0 Å². The van der Waals surface area contributed by atoms with Crippen molar-refractivity contribution in [1.29, 1.82) is 0 Å². The van der Waals surface area contributed by atoms with Gasteiger partial charge in [0, 0.05) is 6.54 Å². The fraction of sp³-hybridized carbons (Fsp3) is 0.357. The van der Waals surface area contributed by atoms with E-state index in [1.807, 2.05) is 19.9 Å². The van der Waals surface area contributed by atoms with Gasteiger partial charge < -0.3 is 15.1 Å². The lowest BCUT2D eigenvalue weighted by Crippen LogP contribution is -2.09. The van der Waals surface area contributed by atoms with E-state index in [1.54, 1.807) is 12.3 Å². The Bertz CT molecular complexity index is 598. The van der Waals surface area contributed by atoms with Gasteiger partial charge in [0.15, 0.2) is 0 Å². The molecule has 1 unspecified atom stereocenters. The van der Waals surface area contributed by atoms with E-state index in [0.717, 1.165) is 12.2 Å². The van der Waals surface area contributed by atoms with Crippen LogP contribution < -0.4 is 10.6 Å². The van der Waals surface area contributed by atoms with Crippen molar-refractivity contribution < 1.29 is 9.34 Å². The minimum absolute atomic E-state index is 0.00209. The molecule has 0 aliphatic rings. The summed E-state index contributed by atoms with van der Waals surface area (Å²) in [5.41, 5.74) is -0.00209. The van der Waals surface area contributed by atoms with Crippen LogP contribution in [0, 0.1) is 10.1 Å². The van der Waals surface area contributed by atoms with Crippen LogP contribution >= 0.6 is 0 Å². The zero-order valence-corrected chi connectivity index (χ0v) is 12.0. The summed E-state index contributed by atoms with van der Waals surface area (Å²) < 4.78 is 5.30. The molecule has 2 aromatic heterocycles. The highest BCUT2D eigenvalue weighted by Gasteiger charge is 2.14. The van der Waals surface area contributed by atoms with Gasteiger partial charge in [-0.05, 0) is 25.5 Å². The molecule has 7 heteroatoms. The molecule has 2 heterocycles. The van der Waals surface area contributed by atoms with Crippen molar-refractivity contribution >= 4 is 17.3 Å². The summed E-state index contributed by atoms with van der Waals surface area (Å²) in [6, 6.07) is 6.34. The Kier molecular flexibility index (Phi) is 4.76. The molecule has 0 radical (unpaired) electrons. The minimum Gasteiger partial charge on any atom is -0.467 e. The van der Waals surface area contributed by atoms with Crippen molar-refractivity contribution in [2.75, 3.05) is 17.2 Å². The van der Waals surface area contributed by atoms with Gasteiger partial charge in [0.25, 0.3) is 5.69 Å². The topological polar surface area (TPSA) is 93.2 Å².